The van der Waals surface area contributed by atoms with Crippen molar-refractivity contribution in [3.63, 3.8) is 0 Å². The van der Waals surface area contributed by atoms with Crippen LogP contribution in [-0.2, 0) is 9.53 Å². The van der Waals surface area contributed by atoms with E-state index in [0.717, 1.165) is 11.8 Å². The molecule has 0 radical (unpaired) electrons. The van der Waals surface area contributed by atoms with E-state index >= 15 is 0 Å². The average Bonchev–Trinajstić information content (AvgIpc) is 3.07. The molecule has 3 rings (SSSR count). The monoisotopic (exact) mass is 374 g/mol. The molecular weight excluding hydrogens is 352 g/mol. The van der Waals surface area contributed by atoms with Gasteiger partial charge in [-0.15, -0.1) is 0 Å². The highest BCUT2D eigenvalue weighted by molar-refractivity contribution is 6.30. The molecule has 26 heavy (non-hydrogen) atoms. The minimum atomic E-state index is -0.612. The second kappa shape index (κ2) is 8.01. The standard InChI is InChI=1S/C19H23ClN4O2/c1-12(2)16-11-26-18(10-25)24(16)17-8-9-21-19(23-17)22-13(3)14-4-6-15(20)7-5-14/h4-10,12-13,16,18H,11H2,1-3H3,(H,21,22,23)/t13-,16+,18?/m0/s1. The summed E-state index contributed by atoms with van der Waals surface area (Å²) in [6, 6.07) is 9.57. The van der Waals surface area contributed by atoms with Gasteiger partial charge in [-0.2, -0.15) is 4.98 Å². The first-order chi connectivity index (χ1) is 12.5. The highest BCUT2D eigenvalue weighted by atomic mass is 35.5. The van der Waals surface area contributed by atoms with Crippen LogP contribution in [0.3, 0.4) is 0 Å². The van der Waals surface area contributed by atoms with Gasteiger partial charge in [-0.3, -0.25) is 4.79 Å². The van der Waals surface area contributed by atoms with Crippen LogP contribution in [0.4, 0.5) is 11.8 Å². The SMILES string of the molecule is CC(C)[C@H]1COC(C=O)N1c1ccnc(N[C@@H](C)c2ccc(Cl)cc2)n1. The highest BCUT2D eigenvalue weighted by Crippen LogP contribution is 2.28. The number of ether oxygens (including phenoxy) is 1. The number of rotatable bonds is 6. The fourth-order valence-corrected chi connectivity index (χ4v) is 3.18. The van der Waals surface area contributed by atoms with Crippen molar-refractivity contribution in [3.05, 3.63) is 47.1 Å². The van der Waals surface area contributed by atoms with Crippen molar-refractivity contribution in [2.45, 2.75) is 39.1 Å². The Kier molecular flexibility index (Phi) is 5.74. The van der Waals surface area contributed by atoms with Crippen LogP contribution in [0.15, 0.2) is 36.5 Å². The predicted molar refractivity (Wildman–Crippen MR) is 102 cm³/mol. The van der Waals surface area contributed by atoms with Crippen LogP contribution < -0.4 is 10.2 Å². The van der Waals surface area contributed by atoms with E-state index in [1.165, 1.54) is 0 Å². The normalized spacial score (nSPS) is 21.0. The second-order valence-corrected chi connectivity index (χ2v) is 7.17. The fraction of sp³-hybridized carbons (Fsp3) is 0.421. The van der Waals surface area contributed by atoms with Crippen molar-refractivity contribution in [1.29, 1.82) is 0 Å². The van der Waals surface area contributed by atoms with E-state index in [9.17, 15) is 4.79 Å². The lowest BCUT2D eigenvalue weighted by Crippen LogP contribution is -2.41. The Balaban J connectivity index is 1.81. The van der Waals surface area contributed by atoms with Crippen LogP contribution in [0.1, 0.15) is 32.4 Å². The van der Waals surface area contributed by atoms with Crippen molar-refractivity contribution >= 4 is 29.7 Å². The first-order valence-electron chi connectivity index (χ1n) is 8.70. The molecule has 1 unspecified atom stereocenters. The third kappa shape index (κ3) is 3.97. The van der Waals surface area contributed by atoms with Gasteiger partial charge in [-0.1, -0.05) is 37.6 Å². The van der Waals surface area contributed by atoms with Crippen LogP contribution in [0, 0.1) is 5.92 Å². The maximum Gasteiger partial charge on any atom is 0.225 e. The summed E-state index contributed by atoms with van der Waals surface area (Å²) in [6.45, 7) is 6.76. The van der Waals surface area contributed by atoms with E-state index in [1.54, 1.807) is 12.3 Å². The molecule has 0 amide bonds. The van der Waals surface area contributed by atoms with Gasteiger partial charge in [0.25, 0.3) is 0 Å². The van der Waals surface area contributed by atoms with Gasteiger partial charge < -0.3 is 15.0 Å². The van der Waals surface area contributed by atoms with Crippen molar-refractivity contribution in [2.75, 3.05) is 16.8 Å². The number of carbonyl (C=O) groups excluding carboxylic acids is 1. The molecule has 1 aliphatic rings. The number of halogens is 1. The molecule has 1 fully saturated rings. The molecule has 0 aliphatic carbocycles. The Labute approximate surface area is 158 Å². The summed E-state index contributed by atoms with van der Waals surface area (Å²) in [6.07, 6.45) is 1.89. The molecule has 1 aromatic heterocycles. The molecule has 0 saturated carbocycles. The molecule has 0 spiro atoms. The number of aromatic nitrogens is 2. The zero-order valence-corrected chi connectivity index (χ0v) is 15.8. The molecule has 138 valence electrons. The minimum Gasteiger partial charge on any atom is -0.349 e. The number of hydrogen-bond acceptors (Lipinski definition) is 6. The van der Waals surface area contributed by atoms with Crippen molar-refractivity contribution in [2.24, 2.45) is 5.92 Å². The lowest BCUT2D eigenvalue weighted by atomic mass is 10.0. The number of benzene rings is 1. The van der Waals surface area contributed by atoms with Crippen LogP contribution in [0.5, 0.6) is 0 Å². The first-order valence-corrected chi connectivity index (χ1v) is 9.07. The molecule has 2 heterocycles. The van der Waals surface area contributed by atoms with E-state index < -0.39 is 6.23 Å². The van der Waals surface area contributed by atoms with Crippen molar-refractivity contribution in [1.82, 2.24) is 9.97 Å². The molecule has 7 heteroatoms. The second-order valence-electron chi connectivity index (χ2n) is 6.73. The number of nitrogens with zero attached hydrogens (tertiary/aromatic N) is 3. The highest BCUT2D eigenvalue weighted by Gasteiger charge is 2.37. The lowest BCUT2D eigenvalue weighted by Gasteiger charge is -2.29. The van der Waals surface area contributed by atoms with E-state index in [0.29, 0.717) is 29.3 Å². The molecule has 1 saturated heterocycles. The Morgan fingerprint density at radius 2 is 2.00 bits per heavy atom. The Morgan fingerprint density at radius 1 is 1.27 bits per heavy atom. The van der Waals surface area contributed by atoms with Crippen LogP contribution in [-0.4, -0.2) is 35.1 Å². The summed E-state index contributed by atoms with van der Waals surface area (Å²) in [4.78, 5) is 22.2. The Bertz CT molecular complexity index is 753. The summed E-state index contributed by atoms with van der Waals surface area (Å²) >= 11 is 5.95. The number of carbonyl (C=O) groups is 1. The maximum absolute atomic E-state index is 11.4. The quantitative estimate of drug-likeness (QED) is 0.778. The van der Waals surface area contributed by atoms with Gasteiger partial charge in [-0.05, 0) is 36.6 Å². The topological polar surface area (TPSA) is 67.3 Å². The van der Waals surface area contributed by atoms with Crippen LogP contribution >= 0.6 is 11.6 Å². The van der Waals surface area contributed by atoms with Gasteiger partial charge in [0.2, 0.25) is 5.95 Å². The largest absolute Gasteiger partial charge is 0.349 e. The smallest absolute Gasteiger partial charge is 0.225 e. The molecule has 2 aromatic rings. The van der Waals surface area contributed by atoms with Gasteiger partial charge in [0.05, 0.1) is 18.7 Å². The molecule has 1 aliphatic heterocycles. The zero-order chi connectivity index (χ0) is 18.7. The summed E-state index contributed by atoms with van der Waals surface area (Å²) in [5, 5.41) is 4.00. The van der Waals surface area contributed by atoms with Gasteiger partial charge >= 0.3 is 0 Å². The number of hydrogen-bond donors (Lipinski definition) is 1. The van der Waals surface area contributed by atoms with E-state index in [4.69, 9.17) is 16.3 Å². The third-order valence-electron chi connectivity index (χ3n) is 4.58. The molecular formula is C19H23ClN4O2. The number of nitrogens with one attached hydrogen (secondary N) is 1. The van der Waals surface area contributed by atoms with E-state index in [-0.39, 0.29) is 12.1 Å². The van der Waals surface area contributed by atoms with Gasteiger partial charge in [0, 0.05) is 11.2 Å². The van der Waals surface area contributed by atoms with Crippen LogP contribution in [0.2, 0.25) is 5.02 Å². The molecule has 6 nitrogen and oxygen atoms in total. The summed E-state index contributed by atoms with van der Waals surface area (Å²) in [7, 11) is 0. The van der Waals surface area contributed by atoms with Gasteiger partial charge in [0.15, 0.2) is 12.5 Å². The minimum absolute atomic E-state index is 0.0140. The van der Waals surface area contributed by atoms with Gasteiger partial charge in [-0.25, -0.2) is 4.98 Å². The average molecular weight is 375 g/mol. The summed E-state index contributed by atoms with van der Waals surface area (Å²) in [5.74, 6) is 1.52. The van der Waals surface area contributed by atoms with Crippen molar-refractivity contribution < 1.29 is 9.53 Å². The Hall–Kier alpha value is -2.18. The van der Waals surface area contributed by atoms with E-state index in [1.807, 2.05) is 36.1 Å². The van der Waals surface area contributed by atoms with Crippen LogP contribution in [0.25, 0.3) is 0 Å². The number of aldehydes is 1. The summed E-state index contributed by atoms with van der Waals surface area (Å²) in [5.41, 5.74) is 1.08. The third-order valence-corrected chi connectivity index (χ3v) is 4.83. The van der Waals surface area contributed by atoms with Gasteiger partial charge in [0.1, 0.15) is 5.82 Å². The molecule has 1 N–H and O–H groups in total. The predicted octanol–water partition coefficient (Wildman–Crippen LogP) is 3.69. The zero-order valence-electron chi connectivity index (χ0n) is 15.1. The Morgan fingerprint density at radius 3 is 2.65 bits per heavy atom. The molecule has 3 atom stereocenters. The van der Waals surface area contributed by atoms with Crippen molar-refractivity contribution in [3.8, 4) is 0 Å². The lowest BCUT2D eigenvalue weighted by molar-refractivity contribution is -0.115. The number of anilines is 2. The van der Waals surface area contributed by atoms with E-state index in [2.05, 4.69) is 29.1 Å². The fourth-order valence-electron chi connectivity index (χ4n) is 3.06. The molecule has 1 aromatic carbocycles. The molecule has 0 bridgehead atoms. The summed E-state index contributed by atoms with van der Waals surface area (Å²) < 4.78 is 5.61. The first kappa shape index (κ1) is 18.6. The maximum atomic E-state index is 11.4.